The molecule has 0 radical (unpaired) electrons. The highest BCUT2D eigenvalue weighted by Crippen LogP contribution is 2.54. The molecule has 0 amide bonds. The second-order valence-electron chi connectivity index (χ2n) is 16.7. The first kappa shape index (κ1) is 35.7. The molecule has 0 bridgehead atoms. The van der Waals surface area contributed by atoms with Crippen LogP contribution < -0.4 is 10.2 Å². The first-order chi connectivity index (χ1) is 29.4. The monoisotopic (exact) mass is 768 g/mol. The van der Waals surface area contributed by atoms with Gasteiger partial charge in [0.2, 0.25) is 0 Å². The molecule has 0 saturated heterocycles. The van der Waals surface area contributed by atoms with E-state index in [2.05, 4.69) is 232 Å². The molecule has 0 spiro atoms. The third-order valence-electron chi connectivity index (χ3n) is 12.8. The van der Waals surface area contributed by atoms with Crippen LogP contribution in [-0.4, -0.2) is 0 Å². The molecule has 0 saturated carbocycles. The summed E-state index contributed by atoms with van der Waals surface area (Å²) in [6.45, 7) is 11.1. The number of allylic oxidation sites excluding steroid dienone is 5. The molecular formula is C58H44N2. The molecule has 2 nitrogen and oxygen atoms in total. The summed E-state index contributed by atoms with van der Waals surface area (Å²) in [6, 6.07) is 64.9. The van der Waals surface area contributed by atoms with E-state index in [0.717, 1.165) is 39.2 Å². The van der Waals surface area contributed by atoms with Crippen molar-refractivity contribution in [2.45, 2.75) is 26.2 Å². The number of benzene rings is 10. The molecular weight excluding hydrogens is 725 g/mol. The number of fused-ring (bicyclic) bond motifs is 7. The Labute approximate surface area is 351 Å². The maximum absolute atomic E-state index is 4.35. The molecule has 2 heteroatoms. The van der Waals surface area contributed by atoms with Gasteiger partial charge in [-0.1, -0.05) is 154 Å². The van der Waals surface area contributed by atoms with Crippen LogP contribution in [0.2, 0.25) is 0 Å². The predicted molar refractivity (Wildman–Crippen MR) is 261 cm³/mol. The van der Waals surface area contributed by atoms with Crippen LogP contribution in [-0.2, 0) is 5.41 Å². The molecule has 1 aliphatic rings. The Balaban J connectivity index is 1.26. The molecule has 0 unspecified atom stereocenters. The highest BCUT2D eigenvalue weighted by atomic mass is 15.1. The van der Waals surface area contributed by atoms with Gasteiger partial charge in [0.25, 0.3) is 0 Å². The van der Waals surface area contributed by atoms with Gasteiger partial charge in [-0.2, -0.15) is 0 Å². The molecule has 10 aromatic rings. The molecule has 0 atom stereocenters. The quantitative estimate of drug-likeness (QED) is 0.128. The van der Waals surface area contributed by atoms with Crippen LogP contribution in [0.1, 0.15) is 31.9 Å². The van der Waals surface area contributed by atoms with Gasteiger partial charge in [-0.05, 0) is 133 Å². The molecule has 0 aliphatic heterocycles. The number of hydrogen-bond acceptors (Lipinski definition) is 2. The van der Waals surface area contributed by atoms with Crippen molar-refractivity contribution in [3.05, 3.63) is 217 Å². The summed E-state index contributed by atoms with van der Waals surface area (Å²) in [5.41, 5.74) is 10.3. The Morgan fingerprint density at radius 1 is 0.500 bits per heavy atom. The molecule has 286 valence electrons. The lowest BCUT2D eigenvalue weighted by Gasteiger charge is -2.31. The van der Waals surface area contributed by atoms with Gasteiger partial charge in [0.15, 0.2) is 0 Å². The van der Waals surface area contributed by atoms with Crippen molar-refractivity contribution in [2.24, 2.45) is 0 Å². The predicted octanol–water partition coefficient (Wildman–Crippen LogP) is 16.6. The summed E-state index contributed by atoms with van der Waals surface area (Å²) in [4.78, 5) is 2.51. The molecule has 10 aromatic carbocycles. The van der Waals surface area contributed by atoms with Gasteiger partial charge in [0.05, 0.1) is 11.4 Å². The van der Waals surface area contributed by atoms with Crippen molar-refractivity contribution in [2.75, 3.05) is 10.2 Å². The van der Waals surface area contributed by atoms with Gasteiger partial charge in [0, 0.05) is 44.0 Å². The molecule has 60 heavy (non-hydrogen) atoms. The van der Waals surface area contributed by atoms with Gasteiger partial charge in [-0.25, -0.2) is 0 Å². The van der Waals surface area contributed by atoms with Gasteiger partial charge in [-0.3, -0.25) is 0 Å². The highest BCUT2D eigenvalue weighted by molar-refractivity contribution is 6.23. The highest BCUT2D eigenvalue weighted by Gasteiger charge is 2.37. The van der Waals surface area contributed by atoms with Crippen molar-refractivity contribution in [1.82, 2.24) is 0 Å². The van der Waals surface area contributed by atoms with Crippen molar-refractivity contribution < 1.29 is 0 Å². The minimum absolute atomic E-state index is 0.245. The Hall–Kier alpha value is -7.42. The molecule has 11 rings (SSSR count). The van der Waals surface area contributed by atoms with Crippen LogP contribution in [0.15, 0.2) is 206 Å². The van der Waals surface area contributed by atoms with Gasteiger partial charge < -0.3 is 10.2 Å². The lowest BCUT2D eigenvalue weighted by atomic mass is 9.80. The average molecular weight is 769 g/mol. The fourth-order valence-corrected chi connectivity index (χ4v) is 9.85. The zero-order valence-corrected chi connectivity index (χ0v) is 34.1. The summed E-state index contributed by atoms with van der Waals surface area (Å²) in [7, 11) is 0. The lowest BCUT2D eigenvalue weighted by molar-refractivity contribution is 0.655. The smallest absolute Gasteiger partial charge is 0.0620 e. The van der Waals surface area contributed by atoms with E-state index >= 15 is 0 Å². The van der Waals surface area contributed by atoms with E-state index in [1.54, 1.807) is 0 Å². The van der Waals surface area contributed by atoms with E-state index in [-0.39, 0.29) is 5.41 Å². The Morgan fingerprint density at radius 2 is 1.03 bits per heavy atom. The first-order valence-electron chi connectivity index (χ1n) is 20.9. The van der Waals surface area contributed by atoms with Gasteiger partial charge in [-0.15, -0.1) is 0 Å². The second-order valence-corrected chi connectivity index (χ2v) is 16.7. The number of nitrogens with zero attached hydrogens (tertiary/aromatic N) is 1. The SMILES string of the molecule is C=CC1=C(/C=C\C)c2cc3c(N(c4ccc5ccccc5c4)c4ccc5cc6ccccc6cc5c4)c4ccccc4c(Nc4ccc5ccccc5c4)c3cc2C1(C)C. The van der Waals surface area contributed by atoms with E-state index < -0.39 is 0 Å². The summed E-state index contributed by atoms with van der Waals surface area (Å²) >= 11 is 0. The topological polar surface area (TPSA) is 15.3 Å². The largest absolute Gasteiger partial charge is 0.354 e. The summed E-state index contributed by atoms with van der Waals surface area (Å²) in [5.74, 6) is 0. The Kier molecular flexibility index (Phi) is 8.25. The fraction of sp³-hybridized carbons (Fsp3) is 0.0690. The van der Waals surface area contributed by atoms with E-state index in [1.165, 1.54) is 76.1 Å². The minimum Gasteiger partial charge on any atom is -0.354 e. The second kappa shape index (κ2) is 13.9. The van der Waals surface area contributed by atoms with E-state index in [9.17, 15) is 0 Å². The van der Waals surface area contributed by atoms with Crippen LogP contribution in [0, 0.1) is 0 Å². The van der Waals surface area contributed by atoms with Crippen LogP contribution in [0.5, 0.6) is 0 Å². The molecule has 0 aromatic heterocycles. The number of hydrogen-bond donors (Lipinski definition) is 1. The van der Waals surface area contributed by atoms with Crippen molar-refractivity contribution in [1.29, 1.82) is 0 Å². The number of nitrogens with one attached hydrogen (secondary N) is 1. The number of anilines is 5. The minimum atomic E-state index is -0.245. The third-order valence-corrected chi connectivity index (χ3v) is 12.8. The van der Waals surface area contributed by atoms with Gasteiger partial charge >= 0.3 is 0 Å². The molecule has 1 N–H and O–H groups in total. The molecule has 0 heterocycles. The van der Waals surface area contributed by atoms with E-state index in [0.29, 0.717) is 0 Å². The van der Waals surface area contributed by atoms with Gasteiger partial charge in [0.1, 0.15) is 0 Å². The van der Waals surface area contributed by atoms with Crippen LogP contribution >= 0.6 is 0 Å². The summed E-state index contributed by atoms with van der Waals surface area (Å²) in [5, 5.41) is 18.4. The van der Waals surface area contributed by atoms with Crippen molar-refractivity contribution in [3.8, 4) is 0 Å². The standard InChI is InChI=1S/C58H44N2/c1-5-15-48-51-35-53-52(36-55(51)58(3,4)54(48)6-2)56(59-45-27-24-37-16-7-9-20-41(37)32-45)49-22-13-14-23-50(49)57(53)60(46-28-25-38-17-8-10-21-42(38)33-46)47-29-26-43-30-39-18-11-12-19-40(39)31-44(43)34-47/h5-36,59H,2H2,1,3-4H3/b15-5-. The lowest BCUT2D eigenvalue weighted by Crippen LogP contribution is -2.16. The fourth-order valence-electron chi connectivity index (χ4n) is 9.85. The van der Waals surface area contributed by atoms with Crippen LogP contribution in [0.4, 0.5) is 28.4 Å². The maximum Gasteiger partial charge on any atom is 0.0620 e. The van der Waals surface area contributed by atoms with E-state index in [4.69, 9.17) is 0 Å². The summed E-state index contributed by atoms with van der Waals surface area (Å²) < 4.78 is 0. The van der Waals surface area contributed by atoms with Crippen LogP contribution in [0.25, 0.3) is 70.2 Å². The van der Waals surface area contributed by atoms with E-state index in [1.807, 2.05) is 0 Å². The normalized spacial score (nSPS) is 13.7. The van der Waals surface area contributed by atoms with Crippen molar-refractivity contribution >= 4 is 98.6 Å². The summed E-state index contributed by atoms with van der Waals surface area (Å²) in [6.07, 6.45) is 6.48. The molecule has 0 fully saturated rings. The molecule has 1 aliphatic carbocycles. The van der Waals surface area contributed by atoms with Crippen molar-refractivity contribution in [3.63, 3.8) is 0 Å². The average Bonchev–Trinajstić information content (AvgIpc) is 3.49. The third kappa shape index (κ3) is 5.63. The Morgan fingerprint density at radius 3 is 1.70 bits per heavy atom. The zero-order valence-electron chi connectivity index (χ0n) is 34.1. The first-order valence-corrected chi connectivity index (χ1v) is 20.9. The Bertz CT molecular complexity index is 3470. The van der Waals surface area contributed by atoms with Crippen LogP contribution in [0.3, 0.4) is 0 Å². The maximum atomic E-state index is 4.35. The zero-order chi connectivity index (χ0) is 40.5. The number of rotatable bonds is 7.